The fraction of sp³-hybridized carbons (Fsp3) is 0.182. The normalized spacial score (nSPS) is 10.8. The van der Waals surface area contributed by atoms with E-state index in [9.17, 15) is 9.59 Å². The first-order chi connectivity index (χ1) is 8.56. The fourth-order valence-corrected chi connectivity index (χ4v) is 2.29. The summed E-state index contributed by atoms with van der Waals surface area (Å²) >= 11 is 1.27. The van der Waals surface area contributed by atoms with Gasteiger partial charge >= 0.3 is 5.97 Å². The summed E-state index contributed by atoms with van der Waals surface area (Å²) in [5, 5.41) is 10.1. The maximum Gasteiger partial charge on any atom is 0.319 e. The van der Waals surface area contributed by atoms with Crippen LogP contribution in [0.15, 0.2) is 24.3 Å². The summed E-state index contributed by atoms with van der Waals surface area (Å²) in [6.45, 7) is -0.267. The average Bonchev–Trinajstić information content (AvgIpc) is 2.71. The fourth-order valence-electron chi connectivity index (χ4n) is 1.43. The number of nitrogens with one attached hydrogen (secondary N) is 1. The van der Waals surface area contributed by atoms with Crippen molar-refractivity contribution in [3.05, 3.63) is 29.3 Å². The Morgan fingerprint density at radius 1 is 1.44 bits per heavy atom. The predicted molar refractivity (Wildman–Crippen MR) is 67.4 cm³/mol. The van der Waals surface area contributed by atoms with Gasteiger partial charge in [-0.05, 0) is 12.1 Å². The lowest BCUT2D eigenvalue weighted by Crippen LogP contribution is -2.42. The molecule has 0 aliphatic heterocycles. The van der Waals surface area contributed by atoms with Crippen LogP contribution in [0, 0.1) is 0 Å². The molecule has 0 unspecified atom stereocenters. The topological polar surface area (TPSA) is 82.5 Å². The zero-order valence-electron chi connectivity index (χ0n) is 9.58. The van der Waals surface area contributed by atoms with Crippen molar-refractivity contribution in [3.8, 4) is 0 Å². The van der Waals surface area contributed by atoms with Crippen molar-refractivity contribution in [2.45, 2.75) is 0 Å². The number of para-hydroxylation sites is 1. The van der Waals surface area contributed by atoms with E-state index in [0.29, 0.717) is 5.01 Å². The molecule has 6 nitrogen and oxygen atoms in total. The first kappa shape index (κ1) is 12.5. The first-order valence-electron chi connectivity index (χ1n) is 5.16. The van der Waals surface area contributed by atoms with Gasteiger partial charge in [0.05, 0.1) is 10.2 Å². The highest BCUT2D eigenvalue weighted by Crippen LogP contribution is 2.21. The summed E-state index contributed by atoms with van der Waals surface area (Å²) < 4.78 is 0.920. The number of hydrogen-bond acceptors (Lipinski definition) is 5. The molecule has 0 fully saturated rings. The minimum atomic E-state index is -1.01. The van der Waals surface area contributed by atoms with Crippen molar-refractivity contribution >= 4 is 33.4 Å². The number of fused-ring (bicyclic) bond motifs is 1. The van der Waals surface area contributed by atoms with E-state index in [1.165, 1.54) is 23.4 Å². The zero-order valence-corrected chi connectivity index (χ0v) is 10.4. The minimum absolute atomic E-state index is 0.267. The molecule has 7 heteroatoms. The second-order valence-corrected chi connectivity index (χ2v) is 4.71. The molecule has 2 aromatic rings. The summed E-state index contributed by atoms with van der Waals surface area (Å²) in [5.41, 5.74) is 3.21. The number of aromatic nitrogens is 1. The molecular weight excluding hydrogens is 254 g/mol. The Hall–Kier alpha value is -1.99. The number of likely N-dealkylation sites (N-methyl/N-ethyl adjacent to an activating group) is 1. The Morgan fingerprint density at radius 3 is 2.83 bits per heavy atom. The zero-order chi connectivity index (χ0) is 13.1. The van der Waals surface area contributed by atoms with Gasteiger partial charge in [-0.25, -0.2) is 9.99 Å². The summed E-state index contributed by atoms with van der Waals surface area (Å²) in [7, 11) is 1.49. The van der Waals surface area contributed by atoms with Crippen molar-refractivity contribution in [1.29, 1.82) is 0 Å². The summed E-state index contributed by atoms with van der Waals surface area (Å²) in [5.74, 6) is -1.41. The number of carboxylic acid groups (broad SMARTS) is 1. The van der Waals surface area contributed by atoms with E-state index in [1.807, 2.05) is 24.3 Å². The summed E-state index contributed by atoms with van der Waals surface area (Å²) in [6.07, 6.45) is 0. The highest BCUT2D eigenvalue weighted by molar-refractivity contribution is 7.20. The first-order valence-corrected chi connectivity index (χ1v) is 5.97. The Labute approximate surface area is 107 Å². The van der Waals surface area contributed by atoms with Crippen LogP contribution in [0.2, 0.25) is 0 Å². The van der Waals surface area contributed by atoms with E-state index in [4.69, 9.17) is 5.11 Å². The largest absolute Gasteiger partial charge is 0.480 e. The van der Waals surface area contributed by atoms with Crippen LogP contribution in [0.5, 0.6) is 0 Å². The van der Waals surface area contributed by atoms with E-state index in [1.54, 1.807) is 0 Å². The molecule has 1 heterocycles. The van der Waals surface area contributed by atoms with Gasteiger partial charge in [0.25, 0.3) is 5.91 Å². The lowest BCUT2D eigenvalue weighted by molar-refractivity contribution is -0.138. The van der Waals surface area contributed by atoms with Crippen molar-refractivity contribution in [3.63, 3.8) is 0 Å². The lowest BCUT2D eigenvalue weighted by atomic mass is 10.3. The van der Waals surface area contributed by atoms with Crippen LogP contribution < -0.4 is 5.43 Å². The highest BCUT2D eigenvalue weighted by atomic mass is 32.1. The molecule has 0 saturated carbocycles. The van der Waals surface area contributed by atoms with Crippen molar-refractivity contribution < 1.29 is 14.7 Å². The molecule has 0 aliphatic carbocycles. The number of carbonyl (C=O) groups is 2. The van der Waals surface area contributed by atoms with Crippen LogP contribution in [0.3, 0.4) is 0 Å². The maximum absolute atomic E-state index is 11.8. The Kier molecular flexibility index (Phi) is 3.54. The van der Waals surface area contributed by atoms with Crippen molar-refractivity contribution in [2.75, 3.05) is 13.6 Å². The van der Waals surface area contributed by atoms with Gasteiger partial charge in [-0.2, -0.15) is 0 Å². The monoisotopic (exact) mass is 265 g/mol. The number of amides is 1. The molecule has 94 valence electrons. The second-order valence-electron chi connectivity index (χ2n) is 3.68. The van der Waals surface area contributed by atoms with Gasteiger partial charge in [0, 0.05) is 7.05 Å². The van der Waals surface area contributed by atoms with Gasteiger partial charge in [-0.3, -0.25) is 15.0 Å². The van der Waals surface area contributed by atoms with E-state index in [0.717, 1.165) is 10.2 Å². The van der Waals surface area contributed by atoms with Crippen LogP contribution in [0.4, 0.5) is 0 Å². The second kappa shape index (κ2) is 5.11. The van der Waals surface area contributed by atoms with Gasteiger partial charge in [0.1, 0.15) is 6.54 Å². The number of hydrogen-bond donors (Lipinski definition) is 2. The summed E-state index contributed by atoms with van der Waals surface area (Å²) in [4.78, 5) is 26.4. The molecule has 1 aromatic heterocycles. The third-order valence-electron chi connectivity index (χ3n) is 2.15. The standard InChI is InChI=1S/C11H11N3O3S/c1-14(6-9(15)16)13-10(17)11-12-7-4-2-3-5-8(7)18-11/h2-5H,6H2,1H3,(H,13,17)(H,15,16). The molecule has 0 radical (unpaired) electrons. The van der Waals surface area contributed by atoms with E-state index >= 15 is 0 Å². The number of thiazole rings is 1. The third kappa shape index (κ3) is 2.82. The molecule has 0 atom stereocenters. The highest BCUT2D eigenvalue weighted by Gasteiger charge is 2.14. The van der Waals surface area contributed by atoms with Gasteiger partial charge in [-0.15, -0.1) is 11.3 Å². The molecule has 18 heavy (non-hydrogen) atoms. The number of nitrogens with zero attached hydrogens (tertiary/aromatic N) is 2. The third-order valence-corrected chi connectivity index (χ3v) is 3.19. The quantitative estimate of drug-likeness (QED) is 0.804. The molecule has 0 spiro atoms. The smallest absolute Gasteiger partial charge is 0.319 e. The van der Waals surface area contributed by atoms with Gasteiger partial charge < -0.3 is 5.11 Å². The number of carbonyl (C=O) groups excluding carboxylic acids is 1. The number of benzene rings is 1. The molecule has 0 saturated heterocycles. The number of rotatable bonds is 4. The van der Waals surface area contributed by atoms with Crippen LogP contribution in [0.1, 0.15) is 9.80 Å². The van der Waals surface area contributed by atoms with Crippen LogP contribution in [-0.2, 0) is 4.79 Å². The van der Waals surface area contributed by atoms with E-state index in [-0.39, 0.29) is 6.54 Å². The van der Waals surface area contributed by atoms with Crippen LogP contribution >= 0.6 is 11.3 Å². The van der Waals surface area contributed by atoms with Crippen molar-refractivity contribution in [2.24, 2.45) is 0 Å². The average molecular weight is 265 g/mol. The van der Waals surface area contributed by atoms with E-state index < -0.39 is 11.9 Å². The lowest BCUT2D eigenvalue weighted by Gasteiger charge is -2.13. The molecular formula is C11H11N3O3S. The van der Waals surface area contributed by atoms with Gasteiger partial charge in [0.2, 0.25) is 0 Å². The minimum Gasteiger partial charge on any atom is -0.480 e. The Bertz CT molecular complexity index is 563. The molecule has 2 N–H and O–H groups in total. The molecule has 2 rings (SSSR count). The molecule has 1 aromatic carbocycles. The summed E-state index contributed by atoms with van der Waals surface area (Å²) in [6, 6.07) is 7.42. The maximum atomic E-state index is 11.8. The molecule has 1 amide bonds. The molecule has 0 aliphatic rings. The SMILES string of the molecule is CN(CC(=O)O)NC(=O)c1nc2ccccc2s1. The Balaban J connectivity index is 2.11. The van der Waals surface area contributed by atoms with Crippen LogP contribution in [0.25, 0.3) is 10.2 Å². The predicted octanol–water partition coefficient (Wildman–Crippen LogP) is 0.957. The number of carboxylic acids is 1. The Morgan fingerprint density at radius 2 is 2.17 bits per heavy atom. The number of hydrazine groups is 1. The number of aliphatic carboxylic acids is 1. The van der Waals surface area contributed by atoms with Gasteiger partial charge in [-0.1, -0.05) is 12.1 Å². The van der Waals surface area contributed by atoms with E-state index in [2.05, 4.69) is 10.4 Å². The molecule has 0 bridgehead atoms. The van der Waals surface area contributed by atoms with Crippen molar-refractivity contribution in [1.82, 2.24) is 15.4 Å². The van der Waals surface area contributed by atoms with Gasteiger partial charge in [0.15, 0.2) is 5.01 Å². The van der Waals surface area contributed by atoms with Crippen LogP contribution in [-0.4, -0.2) is 40.6 Å².